The van der Waals surface area contributed by atoms with Crippen molar-refractivity contribution in [2.24, 2.45) is 7.05 Å². The van der Waals surface area contributed by atoms with E-state index in [-0.39, 0.29) is 16.9 Å². The Morgan fingerprint density at radius 2 is 2.06 bits per heavy atom. The Bertz CT molecular complexity index is 1410. The highest BCUT2D eigenvalue weighted by molar-refractivity contribution is 6.05. The molecule has 4 aromatic rings. The fraction of sp³-hybridized carbons (Fsp3) is 0.263. The SMILES string of the molecule is Cn1nc(C(F)(F)F)c2cc(C(=O)Nc3cccc(-c4nncn4C4CC4)n3)c(=O)[nH]c21. The first kappa shape index (κ1) is 19.9. The van der Waals surface area contributed by atoms with Gasteiger partial charge in [0.15, 0.2) is 11.5 Å². The first-order valence-electron chi connectivity index (χ1n) is 9.58. The van der Waals surface area contributed by atoms with Crippen LogP contribution in [-0.4, -0.2) is 40.4 Å². The van der Waals surface area contributed by atoms with Gasteiger partial charge in [-0.2, -0.15) is 18.3 Å². The number of rotatable bonds is 4. The average molecular weight is 444 g/mol. The number of hydrogen-bond acceptors (Lipinski definition) is 6. The summed E-state index contributed by atoms with van der Waals surface area (Å²) in [7, 11) is 1.27. The maximum absolute atomic E-state index is 13.3. The van der Waals surface area contributed by atoms with Crippen LogP contribution in [0.2, 0.25) is 0 Å². The van der Waals surface area contributed by atoms with Crippen molar-refractivity contribution in [2.75, 3.05) is 5.32 Å². The number of anilines is 1. The fourth-order valence-electron chi connectivity index (χ4n) is 3.45. The van der Waals surface area contributed by atoms with Crippen molar-refractivity contribution in [3.8, 4) is 11.5 Å². The Kier molecular flexibility index (Phi) is 4.36. The molecule has 4 heterocycles. The van der Waals surface area contributed by atoms with Gasteiger partial charge >= 0.3 is 6.18 Å². The Balaban J connectivity index is 1.48. The molecule has 0 saturated heterocycles. The fourth-order valence-corrected chi connectivity index (χ4v) is 3.45. The van der Waals surface area contributed by atoms with Crippen molar-refractivity contribution in [3.63, 3.8) is 0 Å². The summed E-state index contributed by atoms with van der Waals surface area (Å²) in [6, 6.07) is 6.03. The molecule has 1 amide bonds. The first-order chi connectivity index (χ1) is 15.2. The van der Waals surface area contributed by atoms with E-state index >= 15 is 0 Å². The van der Waals surface area contributed by atoms with Gasteiger partial charge in [-0.3, -0.25) is 14.3 Å². The monoisotopic (exact) mass is 444 g/mol. The summed E-state index contributed by atoms with van der Waals surface area (Å²) < 4.78 is 42.7. The van der Waals surface area contributed by atoms with E-state index in [2.05, 4.69) is 30.6 Å². The number of fused-ring (bicyclic) bond motifs is 1. The second-order valence-electron chi connectivity index (χ2n) is 7.40. The molecule has 0 radical (unpaired) electrons. The third-order valence-corrected chi connectivity index (χ3v) is 5.10. The Morgan fingerprint density at radius 1 is 1.28 bits per heavy atom. The van der Waals surface area contributed by atoms with Crippen LogP contribution in [0.15, 0.2) is 35.4 Å². The second kappa shape index (κ2) is 7.00. The topological polar surface area (TPSA) is 123 Å². The summed E-state index contributed by atoms with van der Waals surface area (Å²) in [6.07, 6.45) is -1.11. The van der Waals surface area contributed by atoms with E-state index in [9.17, 15) is 22.8 Å². The van der Waals surface area contributed by atoms with Gasteiger partial charge < -0.3 is 14.9 Å². The highest BCUT2D eigenvalue weighted by Crippen LogP contribution is 2.37. The molecule has 5 rings (SSSR count). The zero-order chi connectivity index (χ0) is 22.6. The number of aromatic nitrogens is 7. The lowest BCUT2D eigenvalue weighted by Crippen LogP contribution is -2.24. The number of carbonyl (C=O) groups excluding carboxylic acids is 1. The van der Waals surface area contributed by atoms with Crippen LogP contribution >= 0.6 is 0 Å². The van der Waals surface area contributed by atoms with Gasteiger partial charge in [0.2, 0.25) is 0 Å². The van der Waals surface area contributed by atoms with Gasteiger partial charge in [-0.15, -0.1) is 10.2 Å². The molecule has 1 saturated carbocycles. The molecule has 2 N–H and O–H groups in total. The van der Waals surface area contributed by atoms with Gasteiger partial charge in [0.25, 0.3) is 11.5 Å². The molecular weight excluding hydrogens is 429 g/mol. The smallest absolute Gasteiger partial charge is 0.309 e. The third kappa shape index (κ3) is 3.40. The summed E-state index contributed by atoms with van der Waals surface area (Å²) in [5.74, 6) is -0.258. The number of halogens is 3. The van der Waals surface area contributed by atoms with E-state index in [1.54, 1.807) is 18.5 Å². The highest BCUT2D eigenvalue weighted by atomic mass is 19.4. The van der Waals surface area contributed by atoms with Crippen molar-refractivity contribution >= 4 is 22.8 Å². The maximum Gasteiger partial charge on any atom is 0.435 e. The van der Waals surface area contributed by atoms with E-state index in [1.807, 2.05) is 4.57 Å². The van der Waals surface area contributed by atoms with Crippen molar-refractivity contribution in [2.45, 2.75) is 25.1 Å². The van der Waals surface area contributed by atoms with Gasteiger partial charge in [0, 0.05) is 13.1 Å². The maximum atomic E-state index is 13.3. The molecule has 0 bridgehead atoms. The summed E-state index contributed by atoms with van der Waals surface area (Å²) >= 11 is 0. The number of nitrogens with one attached hydrogen (secondary N) is 2. The Morgan fingerprint density at radius 3 is 2.78 bits per heavy atom. The van der Waals surface area contributed by atoms with E-state index in [0.717, 1.165) is 23.6 Å². The quantitative estimate of drug-likeness (QED) is 0.499. The number of carbonyl (C=O) groups is 1. The van der Waals surface area contributed by atoms with E-state index in [4.69, 9.17) is 0 Å². The van der Waals surface area contributed by atoms with Crippen LogP contribution in [0.3, 0.4) is 0 Å². The van der Waals surface area contributed by atoms with Crippen molar-refractivity contribution in [1.82, 2.24) is 34.5 Å². The summed E-state index contributed by atoms with van der Waals surface area (Å²) in [4.78, 5) is 31.7. The van der Waals surface area contributed by atoms with E-state index < -0.39 is 28.9 Å². The Labute approximate surface area is 177 Å². The van der Waals surface area contributed by atoms with Crippen LogP contribution in [-0.2, 0) is 13.2 Å². The van der Waals surface area contributed by atoms with Gasteiger partial charge in [-0.25, -0.2) is 4.98 Å². The van der Waals surface area contributed by atoms with Crippen molar-refractivity contribution in [1.29, 1.82) is 0 Å². The van der Waals surface area contributed by atoms with Crippen molar-refractivity contribution < 1.29 is 18.0 Å². The molecule has 0 aromatic carbocycles. The number of amides is 1. The number of H-pyrrole nitrogens is 1. The highest BCUT2D eigenvalue weighted by Gasteiger charge is 2.37. The lowest BCUT2D eigenvalue weighted by Gasteiger charge is -2.08. The summed E-state index contributed by atoms with van der Waals surface area (Å²) in [5, 5.41) is 13.5. The molecule has 32 heavy (non-hydrogen) atoms. The lowest BCUT2D eigenvalue weighted by atomic mass is 10.2. The normalized spacial score (nSPS) is 14.1. The van der Waals surface area contributed by atoms with Gasteiger partial charge in [-0.05, 0) is 31.0 Å². The zero-order valence-electron chi connectivity index (χ0n) is 16.5. The molecular formula is C19H15F3N8O2. The molecule has 1 fully saturated rings. The van der Waals surface area contributed by atoms with Crippen LogP contribution in [0.1, 0.15) is 34.9 Å². The van der Waals surface area contributed by atoms with Crippen molar-refractivity contribution in [3.05, 3.63) is 52.2 Å². The van der Waals surface area contributed by atoms with Gasteiger partial charge in [-0.1, -0.05) is 6.07 Å². The van der Waals surface area contributed by atoms with Crippen LogP contribution < -0.4 is 10.9 Å². The zero-order valence-corrected chi connectivity index (χ0v) is 16.5. The average Bonchev–Trinajstić information content (AvgIpc) is 3.37. The summed E-state index contributed by atoms with van der Waals surface area (Å²) in [6.45, 7) is 0. The minimum Gasteiger partial charge on any atom is -0.309 e. The number of nitrogens with zero attached hydrogens (tertiary/aromatic N) is 6. The molecule has 0 atom stereocenters. The van der Waals surface area contributed by atoms with E-state index in [1.165, 1.54) is 13.1 Å². The molecule has 10 nitrogen and oxygen atoms in total. The predicted octanol–water partition coefficient (Wildman–Crippen LogP) is 2.52. The standard InChI is InChI=1S/C19H15F3N8O2/c1-29-15-10(14(28-29)19(20,21)22)7-11(18(32)26-15)17(31)25-13-4-2-3-12(24-13)16-27-23-8-30(16)9-5-6-9/h2-4,7-9H,5-6H2,1H3,(H,26,32)(H,24,25,31). The van der Waals surface area contributed by atoms with Crippen LogP contribution in [0, 0.1) is 0 Å². The predicted molar refractivity (Wildman–Crippen MR) is 106 cm³/mol. The number of pyridine rings is 2. The Hall–Kier alpha value is -4.03. The molecule has 1 aliphatic carbocycles. The van der Waals surface area contributed by atoms with Gasteiger partial charge in [0.05, 0.1) is 5.39 Å². The molecule has 0 aliphatic heterocycles. The van der Waals surface area contributed by atoms with Crippen LogP contribution in [0.5, 0.6) is 0 Å². The minimum atomic E-state index is -4.75. The molecule has 13 heteroatoms. The van der Waals surface area contributed by atoms with Gasteiger partial charge in [0.1, 0.15) is 29.0 Å². The molecule has 4 aromatic heterocycles. The van der Waals surface area contributed by atoms with Crippen LogP contribution in [0.25, 0.3) is 22.6 Å². The van der Waals surface area contributed by atoms with E-state index in [0.29, 0.717) is 17.6 Å². The lowest BCUT2D eigenvalue weighted by molar-refractivity contribution is -0.140. The van der Waals surface area contributed by atoms with Crippen LogP contribution in [0.4, 0.5) is 19.0 Å². The molecule has 164 valence electrons. The molecule has 0 spiro atoms. The largest absolute Gasteiger partial charge is 0.435 e. The second-order valence-corrected chi connectivity index (χ2v) is 7.40. The number of aryl methyl sites for hydroxylation is 1. The number of hydrogen-bond donors (Lipinski definition) is 2. The third-order valence-electron chi connectivity index (χ3n) is 5.10. The number of alkyl halides is 3. The molecule has 0 unspecified atom stereocenters. The summed E-state index contributed by atoms with van der Waals surface area (Å²) in [5.41, 5.74) is -2.22. The first-order valence-corrected chi connectivity index (χ1v) is 9.58. The molecule has 1 aliphatic rings. The number of aromatic amines is 1. The minimum absolute atomic E-state index is 0.111.